The molecule has 0 saturated heterocycles. The van der Waals surface area contributed by atoms with Crippen LogP contribution in [0.25, 0.3) is 5.57 Å². The number of nitrogens with zero attached hydrogens (tertiary/aromatic N) is 1. The van der Waals surface area contributed by atoms with E-state index in [4.69, 9.17) is 9.47 Å². The highest BCUT2D eigenvalue weighted by Gasteiger charge is 2.40. The molecule has 3 aromatic carbocycles. The first-order chi connectivity index (χ1) is 16.3. The molecular weight excluding hydrogens is 428 g/mol. The highest BCUT2D eigenvalue weighted by molar-refractivity contribution is 6.46. The maximum Gasteiger partial charge on any atom is 0.282 e. The van der Waals surface area contributed by atoms with Crippen LogP contribution in [0.2, 0.25) is 0 Å². The zero-order valence-corrected chi connectivity index (χ0v) is 20.0. The van der Waals surface area contributed by atoms with Crippen molar-refractivity contribution in [2.24, 2.45) is 0 Å². The number of imide groups is 1. The molecule has 0 unspecified atom stereocenters. The number of rotatable bonds is 7. The van der Waals surface area contributed by atoms with E-state index in [0.717, 1.165) is 11.3 Å². The molecule has 1 aliphatic rings. The summed E-state index contributed by atoms with van der Waals surface area (Å²) in [4.78, 5) is 28.4. The lowest BCUT2D eigenvalue weighted by molar-refractivity contribution is -0.120. The van der Waals surface area contributed by atoms with Crippen molar-refractivity contribution in [3.8, 4) is 11.5 Å². The van der Waals surface area contributed by atoms with Crippen molar-refractivity contribution < 1.29 is 19.1 Å². The van der Waals surface area contributed by atoms with Gasteiger partial charge in [0.25, 0.3) is 11.8 Å². The number of hydrogen-bond donors (Lipinski definition) is 1. The first-order valence-corrected chi connectivity index (χ1v) is 11.1. The van der Waals surface area contributed by atoms with Crippen LogP contribution in [0.3, 0.4) is 0 Å². The summed E-state index contributed by atoms with van der Waals surface area (Å²) in [6.07, 6.45) is 0. The van der Waals surface area contributed by atoms with Gasteiger partial charge in [-0.15, -0.1) is 0 Å². The van der Waals surface area contributed by atoms with Gasteiger partial charge >= 0.3 is 0 Å². The predicted molar refractivity (Wildman–Crippen MR) is 134 cm³/mol. The third-order valence-corrected chi connectivity index (χ3v) is 5.89. The molecule has 0 saturated carbocycles. The summed E-state index contributed by atoms with van der Waals surface area (Å²) in [5.74, 6) is 0.594. The zero-order valence-electron chi connectivity index (χ0n) is 20.0. The number of carbonyl (C=O) groups is 2. The number of anilines is 2. The smallest absolute Gasteiger partial charge is 0.282 e. The molecule has 0 aliphatic carbocycles. The van der Waals surface area contributed by atoms with Crippen molar-refractivity contribution in [1.29, 1.82) is 0 Å². The Hall–Kier alpha value is -4.06. The van der Waals surface area contributed by atoms with Gasteiger partial charge in [0.05, 0.1) is 25.5 Å². The van der Waals surface area contributed by atoms with Gasteiger partial charge in [-0.25, -0.2) is 4.90 Å². The molecule has 4 rings (SSSR count). The summed E-state index contributed by atoms with van der Waals surface area (Å²) < 4.78 is 10.8. The maximum absolute atomic E-state index is 13.6. The van der Waals surface area contributed by atoms with Crippen LogP contribution in [0.4, 0.5) is 11.4 Å². The largest absolute Gasteiger partial charge is 0.493 e. The molecule has 1 N–H and O–H groups in total. The molecule has 0 spiro atoms. The summed E-state index contributed by atoms with van der Waals surface area (Å²) in [5, 5.41) is 3.21. The monoisotopic (exact) mass is 456 g/mol. The summed E-state index contributed by atoms with van der Waals surface area (Å²) in [5.41, 5.74) is 4.53. The molecule has 34 heavy (non-hydrogen) atoms. The third-order valence-electron chi connectivity index (χ3n) is 5.89. The highest BCUT2D eigenvalue weighted by Crippen LogP contribution is 2.37. The quantitative estimate of drug-likeness (QED) is 0.473. The predicted octanol–water partition coefficient (Wildman–Crippen LogP) is 5.53. The van der Waals surface area contributed by atoms with Gasteiger partial charge in [0.2, 0.25) is 0 Å². The fourth-order valence-corrected chi connectivity index (χ4v) is 3.93. The molecule has 6 heteroatoms. The van der Waals surface area contributed by atoms with Crippen molar-refractivity contribution in [2.45, 2.75) is 26.7 Å². The minimum absolute atomic E-state index is 0.218. The van der Waals surface area contributed by atoms with Crippen molar-refractivity contribution in [1.82, 2.24) is 0 Å². The van der Waals surface area contributed by atoms with Crippen LogP contribution in [-0.4, -0.2) is 26.0 Å². The molecule has 0 radical (unpaired) electrons. The van der Waals surface area contributed by atoms with Gasteiger partial charge in [-0.2, -0.15) is 0 Å². The Balaban J connectivity index is 1.81. The van der Waals surface area contributed by atoms with E-state index >= 15 is 0 Å². The van der Waals surface area contributed by atoms with Crippen molar-refractivity contribution in [3.05, 3.63) is 89.1 Å². The van der Waals surface area contributed by atoms with Gasteiger partial charge in [0, 0.05) is 5.69 Å². The van der Waals surface area contributed by atoms with E-state index in [1.54, 1.807) is 37.4 Å². The molecule has 0 atom stereocenters. The summed E-state index contributed by atoms with van der Waals surface area (Å²) >= 11 is 0. The highest BCUT2D eigenvalue weighted by atomic mass is 16.5. The lowest BCUT2D eigenvalue weighted by Gasteiger charge is -2.16. The summed E-state index contributed by atoms with van der Waals surface area (Å²) in [6, 6.07) is 20.4. The Kier molecular flexibility index (Phi) is 6.41. The van der Waals surface area contributed by atoms with E-state index in [1.165, 1.54) is 17.6 Å². The average molecular weight is 457 g/mol. The van der Waals surface area contributed by atoms with Crippen LogP contribution < -0.4 is 19.7 Å². The van der Waals surface area contributed by atoms with E-state index in [1.807, 2.05) is 43.3 Å². The second-order valence-corrected chi connectivity index (χ2v) is 8.50. The van der Waals surface area contributed by atoms with Gasteiger partial charge in [-0.1, -0.05) is 49.7 Å². The molecule has 1 aliphatic heterocycles. The van der Waals surface area contributed by atoms with Crippen LogP contribution in [0, 0.1) is 6.92 Å². The SMILES string of the molecule is COc1ccc(C2=C(Nc3ccc(C(C)C)cc3)C(=O)N(c3ccc(C)cc3)C2=O)cc1OC. The van der Waals surface area contributed by atoms with Crippen LogP contribution in [-0.2, 0) is 9.59 Å². The topological polar surface area (TPSA) is 67.9 Å². The van der Waals surface area contributed by atoms with E-state index < -0.39 is 11.8 Å². The fourth-order valence-electron chi connectivity index (χ4n) is 3.93. The second kappa shape index (κ2) is 9.43. The van der Waals surface area contributed by atoms with E-state index in [9.17, 15) is 9.59 Å². The molecular formula is C28H28N2O4. The fraction of sp³-hybridized carbons (Fsp3) is 0.214. The van der Waals surface area contributed by atoms with E-state index in [-0.39, 0.29) is 11.3 Å². The van der Waals surface area contributed by atoms with Crippen LogP contribution in [0.5, 0.6) is 11.5 Å². The van der Waals surface area contributed by atoms with E-state index in [2.05, 4.69) is 19.2 Å². The average Bonchev–Trinajstić information content (AvgIpc) is 3.08. The van der Waals surface area contributed by atoms with Gasteiger partial charge in [-0.05, 0) is 60.4 Å². The first-order valence-electron chi connectivity index (χ1n) is 11.1. The number of ether oxygens (including phenoxy) is 2. The Morgan fingerprint density at radius 1 is 0.794 bits per heavy atom. The van der Waals surface area contributed by atoms with Gasteiger partial charge < -0.3 is 14.8 Å². The van der Waals surface area contributed by atoms with Gasteiger partial charge in [0.15, 0.2) is 11.5 Å². The molecule has 6 nitrogen and oxygen atoms in total. The van der Waals surface area contributed by atoms with Gasteiger partial charge in [-0.3, -0.25) is 9.59 Å². The number of hydrogen-bond acceptors (Lipinski definition) is 5. The second-order valence-electron chi connectivity index (χ2n) is 8.50. The van der Waals surface area contributed by atoms with Crippen LogP contribution in [0.15, 0.2) is 72.4 Å². The first kappa shape index (κ1) is 23.1. The van der Waals surface area contributed by atoms with Crippen molar-refractivity contribution in [2.75, 3.05) is 24.4 Å². The van der Waals surface area contributed by atoms with Gasteiger partial charge in [0.1, 0.15) is 5.70 Å². The summed E-state index contributed by atoms with van der Waals surface area (Å²) in [6.45, 7) is 6.20. The number of nitrogens with one attached hydrogen (secondary N) is 1. The molecule has 3 aromatic rings. The number of carbonyl (C=O) groups excluding carboxylic acids is 2. The normalized spacial score (nSPS) is 13.6. The summed E-state index contributed by atoms with van der Waals surface area (Å²) in [7, 11) is 3.08. The van der Waals surface area contributed by atoms with Crippen LogP contribution in [0.1, 0.15) is 36.5 Å². The van der Waals surface area contributed by atoms with Crippen LogP contribution >= 0.6 is 0 Å². The lowest BCUT2D eigenvalue weighted by Crippen LogP contribution is -2.32. The lowest BCUT2D eigenvalue weighted by atomic mass is 10.0. The molecule has 0 aromatic heterocycles. The number of methoxy groups -OCH3 is 2. The number of aryl methyl sites for hydroxylation is 1. The van der Waals surface area contributed by atoms with Crippen molar-refractivity contribution >= 4 is 28.8 Å². The van der Waals surface area contributed by atoms with Crippen molar-refractivity contribution in [3.63, 3.8) is 0 Å². The minimum atomic E-state index is -0.411. The molecule has 1 heterocycles. The molecule has 174 valence electrons. The maximum atomic E-state index is 13.6. The van der Waals surface area contributed by atoms with E-state index in [0.29, 0.717) is 28.7 Å². The molecule has 2 amide bonds. The Morgan fingerprint density at radius 2 is 1.44 bits per heavy atom. The standard InChI is InChI=1S/C28H28N2O4/c1-17(2)19-8-11-21(12-9-19)29-26-25(20-10-15-23(33-4)24(16-20)34-5)27(31)30(28(26)32)22-13-6-18(3)7-14-22/h6-17,29H,1-5H3. The zero-order chi connectivity index (χ0) is 24.4. The number of benzene rings is 3. The Labute approximate surface area is 199 Å². The third kappa shape index (κ3) is 4.27. The molecule has 0 fully saturated rings. The number of amides is 2. The Morgan fingerprint density at radius 3 is 2.03 bits per heavy atom. The molecule has 0 bridgehead atoms. The Bertz CT molecular complexity index is 1260. The minimum Gasteiger partial charge on any atom is -0.493 e.